The number of hydrogen-bond acceptors (Lipinski definition) is 5. The molecule has 0 spiro atoms. The summed E-state index contributed by atoms with van der Waals surface area (Å²) in [5.41, 5.74) is 7.84. The van der Waals surface area contributed by atoms with E-state index in [2.05, 4.69) is 29.1 Å². The second kappa shape index (κ2) is 11.8. The Balaban J connectivity index is 1.86. The molecular formula is C22H32N4O3. The normalized spacial score (nSPS) is 11.4. The Morgan fingerprint density at radius 2 is 1.69 bits per heavy atom. The monoisotopic (exact) mass is 400 g/mol. The Morgan fingerprint density at radius 3 is 2.31 bits per heavy atom. The van der Waals surface area contributed by atoms with Gasteiger partial charge in [0.15, 0.2) is 17.5 Å². The summed E-state index contributed by atoms with van der Waals surface area (Å²) in [5, 5.41) is 3.06. The fourth-order valence-corrected chi connectivity index (χ4v) is 2.80. The molecule has 0 radical (unpaired) electrons. The van der Waals surface area contributed by atoms with Gasteiger partial charge >= 0.3 is 0 Å². The number of nitrogens with one attached hydrogen (secondary N) is 1. The number of methoxy groups -OCH3 is 2. The van der Waals surface area contributed by atoms with Crippen LogP contribution in [0.5, 0.6) is 17.2 Å². The topological polar surface area (TPSA) is 81.3 Å². The highest BCUT2D eigenvalue weighted by Gasteiger charge is 2.05. The van der Waals surface area contributed by atoms with E-state index in [1.165, 1.54) is 0 Å². The largest absolute Gasteiger partial charge is 0.493 e. The lowest BCUT2D eigenvalue weighted by Crippen LogP contribution is -2.27. The third-order valence-electron chi connectivity index (χ3n) is 4.58. The Morgan fingerprint density at radius 1 is 1.00 bits per heavy atom. The summed E-state index contributed by atoms with van der Waals surface area (Å²) in [6, 6.07) is 13.4. The van der Waals surface area contributed by atoms with Crippen molar-refractivity contribution in [3.8, 4) is 17.2 Å². The average Bonchev–Trinajstić information content (AvgIpc) is 2.76. The van der Waals surface area contributed by atoms with Gasteiger partial charge in [-0.15, -0.1) is 0 Å². The molecule has 0 saturated carbocycles. The van der Waals surface area contributed by atoms with Crippen molar-refractivity contribution in [2.75, 3.05) is 45.8 Å². The van der Waals surface area contributed by atoms with Crippen molar-refractivity contribution in [3.63, 3.8) is 0 Å². The van der Waals surface area contributed by atoms with Crippen molar-refractivity contribution < 1.29 is 14.2 Å². The molecule has 2 aromatic carbocycles. The van der Waals surface area contributed by atoms with Crippen LogP contribution >= 0.6 is 0 Å². The smallest absolute Gasteiger partial charge is 0.193 e. The fraction of sp³-hybridized carbons (Fsp3) is 0.409. The number of anilines is 1. The minimum Gasteiger partial charge on any atom is -0.493 e. The summed E-state index contributed by atoms with van der Waals surface area (Å²) in [6.07, 6.45) is 0. The van der Waals surface area contributed by atoms with E-state index in [4.69, 9.17) is 19.9 Å². The first kappa shape index (κ1) is 22.4. The van der Waals surface area contributed by atoms with Crippen molar-refractivity contribution in [3.05, 3.63) is 48.0 Å². The van der Waals surface area contributed by atoms with Crippen LogP contribution in [-0.2, 0) is 6.54 Å². The van der Waals surface area contributed by atoms with Crippen LogP contribution in [0.3, 0.4) is 0 Å². The Hall–Kier alpha value is -2.93. The fourth-order valence-electron chi connectivity index (χ4n) is 2.80. The van der Waals surface area contributed by atoms with Crippen LogP contribution in [-0.4, -0.2) is 51.3 Å². The molecule has 0 aliphatic heterocycles. The first-order valence-electron chi connectivity index (χ1n) is 9.82. The number of benzene rings is 2. The zero-order valence-corrected chi connectivity index (χ0v) is 17.8. The highest BCUT2D eigenvalue weighted by Crippen LogP contribution is 2.29. The Bertz CT molecular complexity index is 774. The zero-order valence-electron chi connectivity index (χ0n) is 17.8. The lowest BCUT2D eigenvalue weighted by Gasteiger charge is -2.18. The van der Waals surface area contributed by atoms with E-state index in [0.717, 1.165) is 36.6 Å². The summed E-state index contributed by atoms with van der Waals surface area (Å²) in [4.78, 5) is 6.72. The third kappa shape index (κ3) is 7.19. The van der Waals surface area contributed by atoms with Gasteiger partial charge in [0.1, 0.15) is 12.4 Å². The second-order valence-corrected chi connectivity index (χ2v) is 6.42. The van der Waals surface area contributed by atoms with E-state index in [-0.39, 0.29) is 0 Å². The molecule has 2 aromatic rings. The lowest BCUT2D eigenvalue weighted by molar-refractivity contribution is 0.223. The number of nitrogens with two attached hydrogens (primary N) is 1. The molecule has 3 N–H and O–H groups in total. The minimum absolute atomic E-state index is 0.330. The highest BCUT2D eigenvalue weighted by atomic mass is 16.5. The number of ether oxygens (including phenoxy) is 3. The van der Waals surface area contributed by atoms with Gasteiger partial charge < -0.3 is 30.2 Å². The molecule has 29 heavy (non-hydrogen) atoms. The number of hydrogen-bond donors (Lipinski definition) is 2. The number of aliphatic imine (C=N–C) groups is 1. The molecule has 0 atom stereocenters. The summed E-state index contributed by atoms with van der Waals surface area (Å²) in [5.74, 6) is 2.48. The van der Waals surface area contributed by atoms with E-state index in [0.29, 0.717) is 30.6 Å². The average molecular weight is 401 g/mol. The number of guanidine groups is 1. The predicted octanol–water partition coefficient (Wildman–Crippen LogP) is 3.35. The van der Waals surface area contributed by atoms with Crippen LogP contribution < -0.4 is 25.3 Å². The molecule has 0 unspecified atom stereocenters. The molecule has 7 nitrogen and oxygen atoms in total. The molecule has 0 aliphatic carbocycles. The van der Waals surface area contributed by atoms with Gasteiger partial charge in [0.05, 0.1) is 20.8 Å². The molecule has 0 saturated heterocycles. The molecule has 7 heteroatoms. The van der Waals surface area contributed by atoms with E-state index in [9.17, 15) is 0 Å². The Labute approximate surface area is 173 Å². The van der Waals surface area contributed by atoms with Crippen molar-refractivity contribution in [2.24, 2.45) is 10.7 Å². The van der Waals surface area contributed by atoms with Crippen LogP contribution in [0.2, 0.25) is 0 Å². The quantitative estimate of drug-likeness (QED) is 0.445. The molecule has 158 valence electrons. The van der Waals surface area contributed by atoms with E-state index >= 15 is 0 Å². The molecule has 0 bridgehead atoms. The van der Waals surface area contributed by atoms with Crippen LogP contribution in [0.4, 0.5) is 5.69 Å². The van der Waals surface area contributed by atoms with E-state index in [1.807, 2.05) is 42.5 Å². The number of likely N-dealkylation sites (N-methyl/N-ethyl adjacent to an activating group) is 1. The zero-order chi connectivity index (χ0) is 21.1. The first-order chi connectivity index (χ1) is 14.1. The molecule has 0 aromatic heterocycles. The van der Waals surface area contributed by atoms with Crippen molar-refractivity contribution >= 4 is 11.6 Å². The molecule has 0 aliphatic rings. The molecule has 0 heterocycles. The second-order valence-electron chi connectivity index (χ2n) is 6.42. The van der Waals surface area contributed by atoms with Crippen molar-refractivity contribution in [1.29, 1.82) is 0 Å². The summed E-state index contributed by atoms with van der Waals surface area (Å²) < 4.78 is 16.3. The summed E-state index contributed by atoms with van der Waals surface area (Å²) in [6.45, 7) is 8.48. The first-order valence-corrected chi connectivity index (χ1v) is 9.82. The van der Waals surface area contributed by atoms with Gasteiger partial charge in [-0.2, -0.15) is 0 Å². The van der Waals surface area contributed by atoms with Crippen molar-refractivity contribution in [2.45, 2.75) is 20.4 Å². The van der Waals surface area contributed by atoms with Crippen LogP contribution in [0, 0.1) is 0 Å². The van der Waals surface area contributed by atoms with E-state index in [1.54, 1.807) is 14.2 Å². The molecular weight excluding hydrogens is 368 g/mol. The predicted molar refractivity (Wildman–Crippen MR) is 118 cm³/mol. The maximum atomic E-state index is 6.00. The standard InChI is InChI=1S/C22H32N4O3/c1-5-26(6-2)13-14-29-19-10-7-17(8-11-19)16-24-22(23)25-18-9-12-20(27-3)21(15-18)28-4/h7-12,15H,5-6,13-14,16H2,1-4H3,(H3,23,24,25). The van der Waals surface area contributed by atoms with E-state index < -0.39 is 0 Å². The van der Waals surface area contributed by atoms with Gasteiger partial charge in [0.25, 0.3) is 0 Å². The van der Waals surface area contributed by atoms with Crippen molar-refractivity contribution in [1.82, 2.24) is 4.90 Å². The van der Waals surface area contributed by atoms with Crippen LogP contribution in [0.1, 0.15) is 19.4 Å². The number of nitrogens with zero attached hydrogens (tertiary/aromatic N) is 2. The lowest BCUT2D eigenvalue weighted by atomic mass is 10.2. The third-order valence-corrected chi connectivity index (χ3v) is 4.58. The summed E-state index contributed by atoms with van der Waals surface area (Å²) in [7, 11) is 3.19. The van der Waals surface area contributed by atoms with Gasteiger partial charge in [-0.1, -0.05) is 26.0 Å². The summed E-state index contributed by atoms with van der Waals surface area (Å²) >= 11 is 0. The number of rotatable bonds is 11. The Kier molecular flexibility index (Phi) is 9.11. The maximum absolute atomic E-state index is 6.00. The van der Waals surface area contributed by atoms with Gasteiger partial charge in [-0.3, -0.25) is 0 Å². The highest BCUT2D eigenvalue weighted by molar-refractivity contribution is 5.92. The molecule has 0 fully saturated rings. The van der Waals surface area contributed by atoms with Gasteiger partial charge in [-0.25, -0.2) is 4.99 Å². The van der Waals surface area contributed by atoms with Gasteiger partial charge in [-0.05, 0) is 42.9 Å². The van der Waals surface area contributed by atoms with Crippen LogP contribution in [0.15, 0.2) is 47.5 Å². The molecule has 0 amide bonds. The SMILES string of the molecule is CCN(CC)CCOc1ccc(CN=C(N)Nc2ccc(OC)c(OC)c2)cc1. The maximum Gasteiger partial charge on any atom is 0.193 e. The minimum atomic E-state index is 0.330. The van der Waals surface area contributed by atoms with Gasteiger partial charge in [0, 0.05) is 18.3 Å². The van der Waals surface area contributed by atoms with Gasteiger partial charge in [0.2, 0.25) is 0 Å². The molecule has 2 rings (SSSR count). The van der Waals surface area contributed by atoms with Crippen LogP contribution in [0.25, 0.3) is 0 Å².